The molecule has 1 aromatic carbocycles. The van der Waals surface area contributed by atoms with Crippen LogP contribution in [0.25, 0.3) is 10.9 Å². The first kappa shape index (κ1) is 11.2. The molecule has 2 aromatic rings. The van der Waals surface area contributed by atoms with Gasteiger partial charge < -0.3 is 5.73 Å². The van der Waals surface area contributed by atoms with Crippen LogP contribution in [-0.2, 0) is 0 Å². The Morgan fingerprint density at radius 1 is 1.44 bits per heavy atom. The van der Waals surface area contributed by atoms with Crippen LogP contribution in [0.3, 0.4) is 0 Å². The lowest BCUT2D eigenvalue weighted by Gasteiger charge is -2.10. The summed E-state index contributed by atoms with van der Waals surface area (Å²) in [6.45, 7) is 4.38. The Balaban J connectivity index is 2.64. The summed E-state index contributed by atoms with van der Waals surface area (Å²) in [5.74, 6) is 0.530. The van der Waals surface area contributed by atoms with Crippen molar-refractivity contribution >= 4 is 28.2 Å². The Labute approximate surface area is 100 Å². The van der Waals surface area contributed by atoms with E-state index >= 15 is 0 Å². The second kappa shape index (κ2) is 4.30. The van der Waals surface area contributed by atoms with Crippen LogP contribution in [0.4, 0.5) is 5.69 Å². The minimum absolute atomic E-state index is 0.530. The Hall–Kier alpha value is -1.28. The van der Waals surface area contributed by atoms with E-state index in [1.807, 2.05) is 6.07 Å². The summed E-state index contributed by atoms with van der Waals surface area (Å²) in [6.07, 6.45) is 2.71. The maximum absolute atomic E-state index is 6.18. The minimum Gasteiger partial charge on any atom is -0.396 e. The maximum Gasteiger partial charge on any atom is 0.0745 e. The zero-order valence-corrected chi connectivity index (χ0v) is 10.3. The van der Waals surface area contributed by atoms with Gasteiger partial charge in [0.05, 0.1) is 22.4 Å². The zero-order chi connectivity index (χ0) is 11.7. The van der Waals surface area contributed by atoms with E-state index in [9.17, 15) is 0 Å². The molecule has 0 bridgehead atoms. The minimum atomic E-state index is 0.530. The molecule has 1 aromatic heterocycles. The van der Waals surface area contributed by atoms with Crippen LogP contribution < -0.4 is 5.73 Å². The second-order valence-electron chi connectivity index (χ2n) is 4.11. The van der Waals surface area contributed by atoms with Crippen molar-refractivity contribution < 1.29 is 0 Å². The summed E-state index contributed by atoms with van der Waals surface area (Å²) in [4.78, 5) is 4.26. The van der Waals surface area contributed by atoms with Crippen LogP contribution in [0.1, 0.15) is 31.7 Å². The largest absolute Gasteiger partial charge is 0.396 e. The van der Waals surface area contributed by atoms with Gasteiger partial charge in [-0.15, -0.1) is 0 Å². The number of anilines is 1. The molecule has 0 fully saturated rings. The summed E-state index contributed by atoms with van der Waals surface area (Å²) < 4.78 is 0. The molecule has 84 valence electrons. The van der Waals surface area contributed by atoms with E-state index in [2.05, 4.69) is 31.0 Å². The molecule has 0 saturated heterocycles. The van der Waals surface area contributed by atoms with E-state index < -0.39 is 0 Å². The normalized spacial score (nSPS) is 12.9. The van der Waals surface area contributed by atoms with E-state index in [0.29, 0.717) is 16.6 Å². The van der Waals surface area contributed by atoms with Gasteiger partial charge in [0, 0.05) is 5.39 Å². The SMILES string of the molecule is CCC(C)c1ccc2ncc(N)c(Cl)c2c1. The van der Waals surface area contributed by atoms with Gasteiger partial charge in [-0.05, 0) is 30.0 Å². The van der Waals surface area contributed by atoms with Crippen molar-refractivity contribution in [1.29, 1.82) is 0 Å². The number of halogens is 1. The number of nitrogens with two attached hydrogens (primary N) is 1. The van der Waals surface area contributed by atoms with Gasteiger partial charge in [-0.1, -0.05) is 31.5 Å². The fraction of sp³-hybridized carbons (Fsp3) is 0.308. The van der Waals surface area contributed by atoms with Gasteiger partial charge in [-0.2, -0.15) is 0 Å². The molecule has 1 atom stereocenters. The van der Waals surface area contributed by atoms with Crippen LogP contribution in [0.15, 0.2) is 24.4 Å². The number of pyridine rings is 1. The average molecular weight is 235 g/mol. The van der Waals surface area contributed by atoms with Gasteiger partial charge in [-0.3, -0.25) is 4.98 Å². The van der Waals surface area contributed by atoms with E-state index in [-0.39, 0.29) is 0 Å². The quantitative estimate of drug-likeness (QED) is 0.854. The molecule has 0 spiro atoms. The molecular formula is C13H15ClN2. The fourth-order valence-corrected chi connectivity index (χ4v) is 1.94. The molecule has 0 saturated carbocycles. The highest BCUT2D eigenvalue weighted by molar-refractivity contribution is 6.37. The van der Waals surface area contributed by atoms with Crippen molar-refractivity contribution in [3.05, 3.63) is 35.0 Å². The number of nitrogen functional groups attached to an aromatic ring is 1. The Morgan fingerprint density at radius 2 is 2.19 bits per heavy atom. The lowest BCUT2D eigenvalue weighted by Crippen LogP contribution is -1.94. The molecule has 1 heterocycles. The zero-order valence-electron chi connectivity index (χ0n) is 9.50. The van der Waals surface area contributed by atoms with Crippen molar-refractivity contribution in [2.24, 2.45) is 0 Å². The fourth-order valence-electron chi connectivity index (χ4n) is 1.74. The molecule has 1 unspecified atom stereocenters. The number of nitrogens with zero attached hydrogens (tertiary/aromatic N) is 1. The first-order chi connectivity index (χ1) is 7.63. The van der Waals surface area contributed by atoms with Crippen molar-refractivity contribution in [1.82, 2.24) is 4.98 Å². The molecule has 2 N–H and O–H groups in total. The highest BCUT2D eigenvalue weighted by atomic mass is 35.5. The first-order valence-electron chi connectivity index (χ1n) is 5.47. The summed E-state index contributed by atoms with van der Waals surface area (Å²) >= 11 is 6.18. The lowest BCUT2D eigenvalue weighted by molar-refractivity contribution is 0.734. The molecule has 2 rings (SSSR count). The van der Waals surface area contributed by atoms with Gasteiger partial charge in [0.15, 0.2) is 0 Å². The maximum atomic E-state index is 6.18. The van der Waals surface area contributed by atoms with Crippen LogP contribution >= 0.6 is 11.6 Å². The van der Waals surface area contributed by atoms with Crippen molar-refractivity contribution in [2.45, 2.75) is 26.2 Å². The number of aromatic nitrogens is 1. The number of hydrogen-bond acceptors (Lipinski definition) is 2. The Bertz CT molecular complexity index is 523. The van der Waals surface area contributed by atoms with Gasteiger partial charge in [0.25, 0.3) is 0 Å². The number of fused-ring (bicyclic) bond motifs is 1. The van der Waals surface area contributed by atoms with Crippen LogP contribution in [0, 0.1) is 0 Å². The highest BCUT2D eigenvalue weighted by Crippen LogP contribution is 2.30. The second-order valence-corrected chi connectivity index (χ2v) is 4.49. The van der Waals surface area contributed by atoms with E-state index in [1.165, 1.54) is 5.56 Å². The lowest BCUT2D eigenvalue weighted by atomic mass is 9.97. The Morgan fingerprint density at radius 3 is 2.88 bits per heavy atom. The monoisotopic (exact) mass is 234 g/mol. The number of hydrogen-bond donors (Lipinski definition) is 1. The van der Waals surface area contributed by atoms with Gasteiger partial charge in [-0.25, -0.2) is 0 Å². The van der Waals surface area contributed by atoms with Gasteiger partial charge in [0.1, 0.15) is 0 Å². The molecule has 0 amide bonds. The third-order valence-corrected chi connectivity index (χ3v) is 3.46. The third kappa shape index (κ3) is 1.85. The van der Waals surface area contributed by atoms with Crippen molar-refractivity contribution in [3.8, 4) is 0 Å². The van der Waals surface area contributed by atoms with Crippen LogP contribution in [0.5, 0.6) is 0 Å². The molecule has 0 aliphatic rings. The molecule has 0 aliphatic heterocycles. The van der Waals surface area contributed by atoms with E-state index in [0.717, 1.165) is 17.3 Å². The van der Waals surface area contributed by atoms with Crippen LogP contribution in [-0.4, -0.2) is 4.98 Å². The highest BCUT2D eigenvalue weighted by Gasteiger charge is 2.08. The van der Waals surface area contributed by atoms with Crippen molar-refractivity contribution in [3.63, 3.8) is 0 Å². The molecular weight excluding hydrogens is 220 g/mol. The molecule has 2 nitrogen and oxygen atoms in total. The van der Waals surface area contributed by atoms with Gasteiger partial charge >= 0.3 is 0 Å². The van der Waals surface area contributed by atoms with Gasteiger partial charge in [0.2, 0.25) is 0 Å². The van der Waals surface area contributed by atoms with Crippen LogP contribution in [0.2, 0.25) is 5.02 Å². The average Bonchev–Trinajstić information content (AvgIpc) is 2.32. The molecule has 3 heteroatoms. The predicted molar refractivity (Wildman–Crippen MR) is 69.9 cm³/mol. The third-order valence-electron chi connectivity index (χ3n) is 3.03. The number of rotatable bonds is 2. The van der Waals surface area contributed by atoms with E-state index in [4.69, 9.17) is 17.3 Å². The predicted octanol–water partition coefficient (Wildman–Crippen LogP) is 3.98. The molecule has 0 aliphatic carbocycles. The van der Waals surface area contributed by atoms with E-state index in [1.54, 1.807) is 6.20 Å². The molecule has 16 heavy (non-hydrogen) atoms. The smallest absolute Gasteiger partial charge is 0.0745 e. The molecule has 0 radical (unpaired) electrons. The number of benzene rings is 1. The standard InChI is InChI=1S/C13H15ClN2/c1-3-8(2)9-4-5-12-10(6-9)13(14)11(15)7-16-12/h4-8H,3,15H2,1-2H3. The summed E-state index contributed by atoms with van der Waals surface area (Å²) in [5, 5.41) is 1.55. The summed E-state index contributed by atoms with van der Waals surface area (Å²) in [7, 11) is 0. The summed E-state index contributed by atoms with van der Waals surface area (Å²) in [5.41, 5.74) is 8.46. The first-order valence-corrected chi connectivity index (χ1v) is 5.85. The summed E-state index contributed by atoms with van der Waals surface area (Å²) in [6, 6.07) is 6.20. The van der Waals surface area contributed by atoms with Crippen molar-refractivity contribution in [2.75, 3.05) is 5.73 Å². The Kier molecular flexibility index (Phi) is 3.01. The topological polar surface area (TPSA) is 38.9 Å².